The number of rotatable bonds is 2. The van der Waals surface area contributed by atoms with Gasteiger partial charge in [0, 0.05) is 24.8 Å². The van der Waals surface area contributed by atoms with Crippen molar-refractivity contribution in [3.8, 4) is 0 Å². The fraction of sp³-hybridized carbons (Fsp3) is 0.471. The average molecular weight is 330 g/mol. The predicted octanol–water partition coefficient (Wildman–Crippen LogP) is 1.34. The average Bonchev–Trinajstić information content (AvgIpc) is 2.93. The molecule has 0 aromatic carbocycles. The van der Waals surface area contributed by atoms with Crippen LogP contribution < -0.4 is 5.32 Å². The van der Waals surface area contributed by atoms with E-state index in [1.54, 1.807) is 21.6 Å². The summed E-state index contributed by atoms with van der Waals surface area (Å²) < 4.78 is 6.96. The maximum absolute atomic E-state index is 12.8. The number of carbonyl (C=O) groups is 2. The van der Waals surface area contributed by atoms with Crippen LogP contribution in [0.5, 0.6) is 0 Å². The van der Waals surface area contributed by atoms with Crippen LogP contribution in [0, 0.1) is 0 Å². The van der Waals surface area contributed by atoms with Crippen LogP contribution in [0.15, 0.2) is 24.4 Å². The lowest BCUT2D eigenvalue weighted by molar-refractivity contribution is 0.0294. The first-order chi connectivity index (χ1) is 11.4. The molecule has 3 rings (SSSR count). The molecule has 0 bridgehead atoms. The van der Waals surface area contributed by atoms with Crippen molar-refractivity contribution in [2.24, 2.45) is 0 Å². The monoisotopic (exact) mass is 330 g/mol. The molecule has 1 saturated heterocycles. The number of nitrogens with one attached hydrogen (secondary N) is 1. The van der Waals surface area contributed by atoms with E-state index in [0.717, 1.165) is 0 Å². The van der Waals surface area contributed by atoms with Gasteiger partial charge >= 0.3 is 0 Å². The second-order valence-corrected chi connectivity index (χ2v) is 6.85. The van der Waals surface area contributed by atoms with E-state index in [0.29, 0.717) is 31.8 Å². The molecule has 0 spiro atoms. The van der Waals surface area contributed by atoms with Crippen molar-refractivity contribution >= 4 is 17.3 Å². The molecule has 0 unspecified atom stereocenters. The number of imidazole rings is 1. The van der Waals surface area contributed by atoms with Crippen LogP contribution >= 0.6 is 0 Å². The van der Waals surface area contributed by atoms with E-state index in [4.69, 9.17) is 4.74 Å². The maximum atomic E-state index is 12.8. The van der Waals surface area contributed by atoms with Crippen LogP contribution in [0.1, 0.15) is 41.9 Å². The minimum atomic E-state index is -0.379. The first-order valence-corrected chi connectivity index (χ1v) is 8.03. The Hall–Kier alpha value is -2.41. The number of hydrogen-bond donors (Lipinski definition) is 1. The minimum Gasteiger partial charge on any atom is -0.378 e. The third kappa shape index (κ3) is 3.26. The molecule has 2 aromatic heterocycles. The Labute approximate surface area is 140 Å². The molecule has 1 aliphatic rings. The van der Waals surface area contributed by atoms with Crippen molar-refractivity contribution in [2.75, 3.05) is 26.3 Å². The Morgan fingerprint density at radius 1 is 1.21 bits per heavy atom. The highest BCUT2D eigenvalue weighted by molar-refractivity contribution is 6.02. The van der Waals surface area contributed by atoms with Gasteiger partial charge in [0.25, 0.3) is 11.8 Å². The smallest absolute Gasteiger partial charge is 0.290 e. The Morgan fingerprint density at radius 3 is 2.58 bits per heavy atom. The van der Waals surface area contributed by atoms with Crippen LogP contribution in [0.2, 0.25) is 0 Å². The highest BCUT2D eigenvalue weighted by Gasteiger charge is 2.27. The molecule has 7 heteroatoms. The van der Waals surface area contributed by atoms with Gasteiger partial charge in [0.05, 0.1) is 18.7 Å². The lowest BCUT2D eigenvalue weighted by atomic mass is 10.1. The SMILES string of the molecule is CC(C)(C)NC(=O)c1nc(C(=O)N2CCOCC2)n2ccccc12. The molecule has 24 heavy (non-hydrogen) atoms. The van der Waals surface area contributed by atoms with Crippen molar-refractivity contribution in [2.45, 2.75) is 26.3 Å². The molecule has 1 N–H and O–H groups in total. The van der Waals surface area contributed by atoms with Gasteiger partial charge < -0.3 is 15.0 Å². The molecule has 2 amide bonds. The van der Waals surface area contributed by atoms with Crippen LogP contribution in [0.3, 0.4) is 0 Å². The molecule has 1 aliphatic heterocycles. The first-order valence-electron chi connectivity index (χ1n) is 8.03. The Bertz CT molecular complexity index is 770. The van der Waals surface area contributed by atoms with Gasteiger partial charge in [0.15, 0.2) is 5.69 Å². The van der Waals surface area contributed by atoms with Gasteiger partial charge in [-0.25, -0.2) is 4.98 Å². The van der Waals surface area contributed by atoms with E-state index in [1.165, 1.54) is 0 Å². The van der Waals surface area contributed by atoms with Gasteiger partial charge in [-0.15, -0.1) is 0 Å². The molecule has 0 aliphatic carbocycles. The van der Waals surface area contributed by atoms with Crippen LogP contribution in [-0.4, -0.2) is 57.9 Å². The van der Waals surface area contributed by atoms with E-state index in [1.807, 2.05) is 32.9 Å². The summed E-state index contributed by atoms with van der Waals surface area (Å²) in [5.41, 5.74) is 0.508. The Kier molecular flexibility index (Phi) is 4.28. The Balaban J connectivity index is 2.00. The second-order valence-electron chi connectivity index (χ2n) is 6.85. The second kappa shape index (κ2) is 6.24. The predicted molar refractivity (Wildman–Crippen MR) is 89.1 cm³/mol. The van der Waals surface area contributed by atoms with Gasteiger partial charge in [-0.1, -0.05) is 6.07 Å². The summed E-state index contributed by atoms with van der Waals surface area (Å²) in [7, 11) is 0. The highest BCUT2D eigenvalue weighted by atomic mass is 16.5. The number of morpholine rings is 1. The number of carbonyl (C=O) groups excluding carboxylic acids is 2. The zero-order valence-corrected chi connectivity index (χ0v) is 14.2. The van der Waals surface area contributed by atoms with Crippen molar-refractivity contribution < 1.29 is 14.3 Å². The van der Waals surface area contributed by atoms with E-state index in [2.05, 4.69) is 10.3 Å². The summed E-state index contributed by atoms with van der Waals surface area (Å²) >= 11 is 0. The van der Waals surface area contributed by atoms with E-state index >= 15 is 0 Å². The van der Waals surface area contributed by atoms with Gasteiger partial charge in [0.2, 0.25) is 5.82 Å². The fourth-order valence-corrected chi connectivity index (χ4v) is 2.66. The fourth-order valence-electron chi connectivity index (χ4n) is 2.66. The highest BCUT2D eigenvalue weighted by Crippen LogP contribution is 2.16. The van der Waals surface area contributed by atoms with Gasteiger partial charge in [-0.3, -0.25) is 14.0 Å². The van der Waals surface area contributed by atoms with Crippen LogP contribution in [0.25, 0.3) is 5.52 Å². The molecule has 1 fully saturated rings. The summed E-state index contributed by atoms with van der Waals surface area (Å²) in [4.78, 5) is 31.4. The zero-order chi connectivity index (χ0) is 17.3. The van der Waals surface area contributed by atoms with Crippen LogP contribution in [0.4, 0.5) is 0 Å². The van der Waals surface area contributed by atoms with Crippen molar-refractivity contribution in [3.05, 3.63) is 35.9 Å². The number of nitrogens with zero attached hydrogens (tertiary/aromatic N) is 3. The summed E-state index contributed by atoms with van der Waals surface area (Å²) in [5, 5.41) is 2.90. The third-order valence-electron chi connectivity index (χ3n) is 3.74. The van der Waals surface area contributed by atoms with E-state index < -0.39 is 0 Å². The molecule has 0 saturated carbocycles. The lowest BCUT2D eigenvalue weighted by Crippen LogP contribution is -2.42. The number of pyridine rings is 1. The quantitative estimate of drug-likeness (QED) is 0.901. The summed E-state index contributed by atoms with van der Waals surface area (Å²) in [6, 6.07) is 5.44. The van der Waals surface area contributed by atoms with Gasteiger partial charge in [-0.2, -0.15) is 0 Å². The molecule has 128 valence electrons. The topological polar surface area (TPSA) is 75.9 Å². The summed E-state index contributed by atoms with van der Waals surface area (Å²) in [6.45, 7) is 7.82. The third-order valence-corrected chi connectivity index (χ3v) is 3.74. The molecule has 2 aromatic rings. The normalized spacial score (nSPS) is 15.5. The standard InChI is InChI=1S/C17H22N4O3/c1-17(2,3)19-15(22)13-12-6-4-5-7-21(12)14(18-13)16(23)20-8-10-24-11-9-20/h4-7H,8-11H2,1-3H3,(H,19,22). The van der Waals surface area contributed by atoms with E-state index in [9.17, 15) is 9.59 Å². The largest absolute Gasteiger partial charge is 0.378 e. The molecule has 0 radical (unpaired) electrons. The number of amides is 2. The Morgan fingerprint density at radius 2 is 1.92 bits per heavy atom. The molecular formula is C17H22N4O3. The molecule has 3 heterocycles. The number of ether oxygens (including phenoxy) is 1. The number of fused-ring (bicyclic) bond motifs is 1. The van der Waals surface area contributed by atoms with Crippen LogP contribution in [-0.2, 0) is 4.74 Å². The first kappa shape index (κ1) is 16.4. The maximum Gasteiger partial charge on any atom is 0.290 e. The summed E-state index contributed by atoms with van der Waals surface area (Å²) in [6.07, 6.45) is 1.75. The zero-order valence-electron chi connectivity index (χ0n) is 14.2. The van der Waals surface area contributed by atoms with Gasteiger partial charge in [-0.05, 0) is 32.9 Å². The summed E-state index contributed by atoms with van der Waals surface area (Å²) in [5.74, 6) is -0.215. The van der Waals surface area contributed by atoms with Crippen molar-refractivity contribution in [1.29, 1.82) is 0 Å². The van der Waals surface area contributed by atoms with Crippen molar-refractivity contribution in [1.82, 2.24) is 19.6 Å². The molecular weight excluding hydrogens is 308 g/mol. The van der Waals surface area contributed by atoms with Gasteiger partial charge in [0.1, 0.15) is 0 Å². The number of aromatic nitrogens is 2. The molecule has 0 atom stereocenters. The minimum absolute atomic E-state index is 0.186. The van der Waals surface area contributed by atoms with E-state index in [-0.39, 0.29) is 28.9 Å². The van der Waals surface area contributed by atoms with Crippen molar-refractivity contribution in [3.63, 3.8) is 0 Å². The molecule has 7 nitrogen and oxygen atoms in total. The number of hydrogen-bond acceptors (Lipinski definition) is 4. The lowest BCUT2D eigenvalue weighted by Gasteiger charge is -2.26.